The lowest BCUT2D eigenvalue weighted by Crippen LogP contribution is -2.25. The Bertz CT molecular complexity index is 536. The second-order valence-electron chi connectivity index (χ2n) is 4.56. The average Bonchev–Trinajstić information content (AvgIpc) is 2.86. The maximum atomic E-state index is 11.9. The Morgan fingerprint density at radius 3 is 2.68 bits per heavy atom. The summed E-state index contributed by atoms with van der Waals surface area (Å²) in [5.74, 6) is 0.356. The van der Waals surface area contributed by atoms with Crippen LogP contribution >= 0.6 is 11.3 Å². The quantitative estimate of drug-likeness (QED) is 0.879. The molecule has 1 amide bonds. The van der Waals surface area contributed by atoms with Crippen LogP contribution in [0.2, 0.25) is 0 Å². The Hall–Kier alpha value is -1.81. The van der Waals surface area contributed by atoms with Gasteiger partial charge in [-0.3, -0.25) is 4.79 Å². The van der Waals surface area contributed by atoms with Crippen LogP contribution in [0, 0.1) is 0 Å². The van der Waals surface area contributed by atoms with Gasteiger partial charge in [-0.25, -0.2) is 0 Å². The van der Waals surface area contributed by atoms with Crippen molar-refractivity contribution in [3.63, 3.8) is 0 Å². The fourth-order valence-corrected chi connectivity index (χ4v) is 2.67. The SMILES string of the molecule is CC(CCNC(=O)c1sccc1N)c1ccccc1. The monoisotopic (exact) mass is 274 g/mol. The third-order valence-electron chi connectivity index (χ3n) is 3.13. The zero-order valence-corrected chi connectivity index (χ0v) is 11.7. The maximum Gasteiger partial charge on any atom is 0.263 e. The summed E-state index contributed by atoms with van der Waals surface area (Å²) in [6, 6.07) is 12.1. The molecule has 0 radical (unpaired) electrons. The zero-order valence-electron chi connectivity index (χ0n) is 10.9. The van der Waals surface area contributed by atoms with Crippen molar-refractivity contribution in [2.75, 3.05) is 12.3 Å². The summed E-state index contributed by atoms with van der Waals surface area (Å²) in [6.45, 7) is 2.83. The van der Waals surface area contributed by atoms with E-state index in [9.17, 15) is 4.79 Å². The highest BCUT2D eigenvalue weighted by molar-refractivity contribution is 7.12. The van der Waals surface area contributed by atoms with Gasteiger partial charge in [-0.2, -0.15) is 0 Å². The van der Waals surface area contributed by atoms with E-state index in [0.29, 0.717) is 23.0 Å². The number of carbonyl (C=O) groups is 1. The molecule has 0 fully saturated rings. The number of carbonyl (C=O) groups excluding carboxylic acids is 1. The molecule has 0 spiro atoms. The Labute approximate surface area is 117 Å². The largest absolute Gasteiger partial charge is 0.397 e. The topological polar surface area (TPSA) is 55.1 Å². The molecular weight excluding hydrogens is 256 g/mol. The number of amides is 1. The fourth-order valence-electron chi connectivity index (χ4n) is 1.93. The van der Waals surface area contributed by atoms with Gasteiger partial charge in [-0.1, -0.05) is 37.3 Å². The Morgan fingerprint density at radius 1 is 1.32 bits per heavy atom. The van der Waals surface area contributed by atoms with Crippen LogP contribution in [0.15, 0.2) is 41.8 Å². The van der Waals surface area contributed by atoms with E-state index in [0.717, 1.165) is 6.42 Å². The van der Waals surface area contributed by atoms with Gasteiger partial charge in [0.1, 0.15) is 4.88 Å². The van der Waals surface area contributed by atoms with Gasteiger partial charge < -0.3 is 11.1 Å². The van der Waals surface area contributed by atoms with Crippen LogP contribution in [0.3, 0.4) is 0 Å². The Morgan fingerprint density at radius 2 is 2.05 bits per heavy atom. The molecule has 0 aliphatic heterocycles. The highest BCUT2D eigenvalue weighted by Gasteiger charge is 2.11. The number of hydrogen-bond acceptors (Lipinski definition) is 3. The first-order valence-electron chi connectivity index (χ1n) is 6.34. The van der Waals surface area contributed by atoms with Gasteiger partial charge in [-0.05, 0) is 29.3 Å². The number of nitrogens with two attached hydrogens (primary N) is 1. The molecule has 0 bridgehead atoms. The predicted molar refractivity (Wildman–Crippen MR) is 80.5 cm³/mol. The Balaban J connectivity index is 1.81. The molecule has 3 N–H and O–H groups in total. The summed E-state index contributed by atoms with van der Waals surface area (Å²) < 4.78 is 0. The van der Waals surface area contributed by atoms with E-state index >= 15 is 0 Å². The van der Waals surface area contributed by atoms with E-state index in [2.05, 4.69) is 24.4 Å². The molecule has 0 aliphatic carbocycles. The fraction of sp³-hybridized carbons (Fsp3) is 0.267. The smallest absolute Gasteiger partial charge is 0.263 e. The molecule has 2 aromatic rings. The molecule has 0 saturated carbocycles. The van der Waals surface area contributed by atoms with Crippen LogP contribution in [0.4, 0.5) is 5.69 Å². The number of hydrogen-bond donors (Lipinski definition) is 2. The second kappa shape index (κ2) is 6.38. The summed E-state index contributed by atoms with van der Waals surface area (Å²) >= 11 is 1.38. The van der Waals surface area contributed by atoms with Crippen molar-refractivity contribution in [1.29, 1.82) is 0 Å². The molecule has 19 heavy (non-hydrogen) atoms. The summed E-state index contributed by atoms with van der Waals surface area (Å²) in [7, 11) is 0. The van der Waals surface area contributed by atoms with Gasteiger partial charge in [0.05, 0.1) is 5.69 Å². The standard InChI is InChI=1S/C15H18N2OS/c1-11(12-5-3-2-4-6-12)7-9-17-15(18)14-13(16)8-10-19-14/h2-6,8,10-11H,7,9,16H2,1H3,(H,17,18). The average molecular weight is 274 g/mol. The van der Waals surface area contributed by atoms with Gasteiger partial charge in [0.25, 0.3) is 5.91 Å². The number of anilines is 1. The van der Waals surface area contributed by atoms with Crippen molar-refractivity contribution >= 4 is 22.9 Å². The van der Waals surface area contributed by atoms with Crippen LogP contribution in [0.25, 0.3) is 0 Å². The molecule has 1 unspecified atom stereocenters. The second-order valence-corrected chi connectivity index (χ2v) is 5.48. The van der Waals surface area contributed by atoms with Gasteiger partial charge in [0.15, 0.2) is 0 Å². The number of nitrogens with one attached hydrogen (secondary N) is 1. The summed E-state index contributed by atoms with van der Waals surface area (Å²) in [4.78, 5) is 12.5. The van der Waals surface area contributed by atoms with Gasteiger partial charge >= 0.3 is 0 Å². The molecule has 1 heterocycles. The van der Waals surface area contributed by atoms with E-state index < -0.39 is 0 Å². The molecule has 1 aromatic heterocycles. The van der Waals surface area contributed by atoms with Crippen molar-refractivity contribution in [3.8, 4) is 0 Å². The lowest BCUT2D eigenvalue weighted by molar-refractivity contribution is 0.0957. The van der Waals surface area contributed by atoms with E-state index in [1.165, 1.54) is 16.9 Å². The Kier molecular flexibility index (Phi) is 4.58. The summed E-state index contributed by atoms with van der Waals surface area (Å²) in [6.07, 6.45) is 0.918. The lowest BCUT2D eigenvalue weighted by atomic mass is 9.98. The first-order valence-corrected chi connectivity index (χ1v) is 7.22. The molecule has 1 aromatic carbocycles. The molecule has 0 saturated heterocycles. The highest BCUT2D eigenvalue weighted by Crippen LogP contribution is 2.19. The maximum absolute atomic E-state index is 11.9. The predicted octanol–water partition coefficient (Wildman–Crippen LogP) is 3.25. The van der Waals surface area contributed by atoms with Gasteiger partial charge in [-0.15, -0.1) is 11.3 Å². The molecule has 100 valence electrons. The number of nitrogen functional groups attached to an aromatic ring is 1. The minimum absolute atomic E-state index is 0.0761. The van der Waals surface area contributed by atoms with Crippen LogP contribution in [-0.2, 0) is 0 Å². The van der Waals surface area contributed by atoms with Crippen LogP contribution in [0.5, 0.6) is 0 Å². The number of benzene rings is 1. The van der Waals surface area contributed by atoms with Gasteiger partial charge in [0.2, 0.25) is 0 Å². The van der Waals surface area contributed by atoms with E-state index in [1.807, 2.05) is 23.6 Å². The lowest BCUT2D eigenvalue weighted by Gasteiger charge is -2.12. The third kappa shape index (κ3) is 3.58. The number of rotatable bonds is 5. The van der Waals surface area contributed by atoms with Crippen LogP contribution in [-0.4, -0.2) is 12.5 Å². The van der Waals surface area contributed by atoms with E-state index in [4.69, 9.17) is 5.73 Å². The molecular formula is C15H18N2OS. The van der Waals surface area contributed by atoms with Gasteiger partial charge in [0, 0.05) is 6.54 Å². The minimum atomic E-state index is -0.0761. The zero-order chi connectivity index (χ0) is 13.7. The normalized spacial score (nSPS) is 12.1. The van der Waals surface area contributed by atoms with E-state index in [1.54, 1.807) is 6.07 Å². The first-order chi connectivity index (χ1) is 9.18. The third-order valence-corrected chi connectivity index (χ3v) is 4.06. The van der Waals surface area contributed by atoms with Crippen molar-refractivity contribution in [2.24, 2.45) is 0 Å². The van der Waals surface area contributed by atoms with Crippen LogP contribution in [0.1, 0.15) is 34.5 Å². The van der Waals surface area contributed by atoms with Crippen molar-refractivity contribution < 1.29 is 4.79 Å². The molecule has 1 atom stereocenters. The minimum Gasteiger partial charge on any atom is -0.397 e. The molecule has 2 rings (SSSR count). The molecule has 4 heteroatoms. The molecule has 3 nitrogen and oxygen atoms in total. The van der Waals surface area contributed by atoms with Crippen molar-refractivity contribution in [1.82, 2.24) is 5.32 Å². The summed E-state index contributed by atoms with van der Waals surface area (Å²) in [5.41, 5.74) is 7.57. The molecule has 0 aliphatic rings. The first kappa shape index (κ1) is 13.6. The van der Waals surface area contributed by atoms with E-state index in [-0.39, 0.29) is 5.91 Å². The van der Waals surface area contributed by atoms with Crippen molar-refractivity contribution in [3.05, 3.63) is 52.2 Å². The number of thiophene rings is 1. The summed E-state index contributed by atoms with van der Waals surface area (Å²) in [5, 5.41) is 4.75. The van der Waals surface area contributed by atoms with Crippen molar-refractivity contribution in [2.45, 2.75) is 19.3 Å². The van der Waals surface area contributed by atoms with Crippen LogP contribution < -0.4 is 11.1 Å². The highest BCUT2D eigenvalue weighted by atomic mass is 32.1.